The molecule has 4 rings (SSSR count). The first-order valence-corrected chi connectivity index (χ1v) is 18.9. The van der Waals surface area contributed by atoms with Crippen LogP contribution in [-0.4, -0.2) is 8.07 Å². The van der Waals surface area contributed by atoms with Crippen molar-refractivity contribution < 1.29 is 57.7 Å². The van der Waals surface area contributed by atoms with Crippen molar-refractivity contribution in [2.24, 2.45) is 0 Å². The smallest absolute Gasteiger partial charge is 1.00 e. The molecule has 0 unspecified atom stereocenters. The van der Waals surface area contributed by atoms with Gasteiger partial charge in [-0.2, -0.15) is 0 Å². The number of hydrogen-bond acceptors (Lipinski definition) is 0. The van der Waals surface area contributed by atoms with Crippen LogP contribution in [0.1, 0.15) is 104 Å². The minimum Gasteiger partial charge on any atom is -1.00 e. The van der Waals surface area contributed by atoms with E-state index in [1.165, 1.54) is 81.9 Å². The summed E-state index contributed by atoms with van der Waals surface area (Å²) in [4.78, 5) is 0. The van der Waals surface area contributed by atoms with E-state index >= 15 is 0 Å². The second-order valence-electron chi connectivity index (χ2n) is 12.4. The molecule has 0 bridgehead atoms. The molecule has 0 fully saturated rings. The van der Waals surface area contributed by atoms with E-state index in [-0.39, 0.29) is 40.6 Å². The van der Waals surface area contributed by atoms with Crippen LogP contribution in [0.5, 0.6) is 0 Å². The molecule has 44 heavy (non-hydrogen) atoms. The Balaban J connectivity index is 0.00000323. The molecule has 0 nitrogen and oxygen atoms in total. The van der Waals surface area contributed by atoms with Crippen molar-refractivity contribution >= 4 is 23.6 Å². The fourth-order valence-electron chi connectivity index (χ4n) is 7.03. The van der Waals surface area contributed by atoms with Crippen molar-refractivity contribution in [1.82, 2.24) is 0 Å². The monoisotopic (exact) mass is 700 g/mol. The van der Waals surface area contributed by atoms with Gasteiger partial charge in [0.2, 0.25) is 0 Å². The van der Waals surface area contributed by atoms with Gasteiger partial charge in [-0.15, -0.1) is 0 Å². The first kappa shape index (κ1) is 41.0. The Morgan fingerprint density at radius 2 is 0.727 bits per heavy atom. The molecule has 3 aromatic rings. The third kappa shape index (κ3) is 7.73. The summed E-state index contributed by atoms with van der Waals surface area (Å²) in [5.74, 6) is 0. The van der Waals surface area contributed by atoms with E-state index in [4.69, 9.17) is 0 Å². The van der Waals surface area contributed by atoms with Crippen molar-refractivity contribution in [3.8, 4) is 0 Å². The first-order valence-electron chi connectivity index (χ1n) is 16.1. The Labute approximate surface area is 300 Å². The Bertz CT molecular complexity index is 1220. The standard InChI is InChI=1S/C39H51Si.3ClH.Ti/c1-8-11-14-33-17-23-36(24-18-33)40(39-31(6)29(4)30(5)32(39)7,37-25-19-34(20-26-37)15-12-9-2)38-27-21-35(22-28-38)16-13-10-3;;;;/h17-28H,8-16H2,1-7H3;3*1H;/q;;;;+3/p-3. The van der Waals surface area contributed by atoms with Crippen LogP contribution < -0.4 is 52.8 Å². The van der Waals surface area contributed by atoms with Gasteiger partial charge < -0.3 is 37.2 Å². The zero-order valence-electron chi connectivity index (χ0n) is 27.9. The topological polar surface area (TPSA) is 0 Å². The maximum Gasteiger partial charge on any atom is -1.00 e. The maximum atomic E-state index is 2.59. The number of benzene rings is 3. The normalized spacial score (nSPS) is 14.2. The van der Waals surface area contributed by atoms with Crippen LogP contribution in [0.4, 0.5) is 0 Å². The van der Waals surface area contributed by atoms with E-state index in [9.17, 15) is 0 Å². The second-order valence-corrected chi connectivity index (χ2v) is 18.3. The predicted molar refractivity (Wildman–Crippen MR) is 179 cm³/mol. The molecule has 3 aromatic carbocycles. The van der Waals surface area contributed by atoms with E-state index < -0.39 is 8.07 Å². The molecule has 0 amide bonds. The van der Waals surface area contributed by atoms with Crippen molar-refractivity contribution in [3.63, 3.8) is 0 Å². The summed E-state index contributed by atoms with van der Waals surface area (Å²) in [5.41, 5.74) is 10.5. The zero-order chi connectivity index (χ0) is 29.6. The summed E-state index contributed by atoms with van der Waals surface area (Å²) in [5, 5.41) is 4.59. The average molecular weight is 702 g/mol. The van der Waals surface area contributed by atoms with Crippen LogP contribution >= 0.6 is 0 Å². The number of allylic oxidation sites excluding steroid dienone is 4. The molecule has 1 aliphatic rings. The van der Waals surface area contributed by atoms with Crippen LogP contribution in [0, 0.1) is 0 Å². The SMILES string of the molecule is CCCCc1ccc([Si](c2ccc(CCCC)cc2)(c2ccc(CCCC)cc2)[C]2([Ti+3])C(C)=C(C)C(C)=C2C)cc1.[Cl-].[Cl-].[Cl-]. The fourth-order valence-corrected chi connectivity index (χ4v) is 15.4. The Morgan fingerprint density at radius 3 is 0.955 bits per heavy atom. The quantitative estimate of drug-likeness (QED) is 0.176. The molecule has 0 aliphatic heterocycles. The average Bonchev–Trinajstić information content (AvgIpc) is 3.15. The first-order chi connectivity index (χ1) is 19.7. The number of rotatable bonds is 13. The van der Waals surface area contributed by atoms with Gasteiger partial charge in [-0.3, -0.25) is 0 Å². The Kier molecular flexibility index (Phi) is 17.1. The van der Waals surface area contributed by atoms with Gasteiger partial charge >= 0.3 is 265 Å². The second kappa shape index (κ2) is 18.3. The number of aryl methyl sites for hydroxylation is 3. The molecule has 0 saturated carbocycles. The van der Waals surface area contributed by atoms with E-state index in [1.807, 2.05) is 0 Å². The molecule has 0 spiro atoms. The van der Waals surface area contributed by atoms with Gasteiger partial charge in [-0.25, -0.2) is 0 Å². The van der Waals surface area contributed by atoms with E-state index in [2.05, 4.69) is 142 Å². The molecule has 0 radical (unpaired) electrons. The van der Waals surface area contributed by atoms with E-state index in [0.717, 1.165) is 19.3 Å². The molecule has 0 N–H and O–H groups in total. The zero-order valence-corrected chi connectivity index (χ0v) is 32.8. The number of halogens is 3. The van der Waals surface area contributed by atoms with Crippen molar-refractivity contribution in [3.05, 3.63) is 112 Å². The molecule has 0 atom stereocenters. The molecular formula is C39H51Cl3SiTi. The summed E-state index contributed by atoms with van der Waals surface area (Å²) in [6, 6.07) is 29.7. The molecule has 5 heteroatoms. The fraction of sp³-hybridized carbons (Fsp3) is 0.436. The molecule has 1 aliphatic carbocycles. The van der Waals surface area contributed by atoms with E-state index in [1.54, 1.807) is 11.1 Å². The van der Waals surface area contributed by atoms with Gasteiger partial charge in [0.1, 0.15) is 0 Å². The summed E-state index contributed by atoms with van der Waals surface area (Å²) in [7, 11) is -2.60. The predicted octanol–water partition coefficient (Wildman–Crippen LogP) is 0.128. The van der Waals surface area contributed by atoms with E-state index in [0.29, 0.717) is 0 Å². The van der Waals surface area contributed by atoms with Crippen LogP contribution in [0.25, 0.3) is 0 Å². The number of unbranched alkanes of at least 4 members (excludes halogenated alkanes) is 3. The van der Waals surface area contributed by atoms with Gasteiger partial charge in [0.25, 0.3) is 0 Å². The summed E-state index contributed by atoms with van der Waals surface area (Å²) < 4.78 is -0.0536. The largest absolute Gasteiger partial charge is 1.00 e. The molecule has 0 aromatic heterocycles. The van der Waals surface area contributed by atoms with Gasteiger partial charge in [0.05, 0.1) is 0 Å². The maximum absolute atomic E-state index is 2.60. The van der Waals surface area contributed by atoms with Crippen LogP contribution in [0.15, 0.2) is 95.1 Å². The third-order valence-corrected chi connectivity index (χ3v) is 18.4. The van der Waals surface area contributed by atoms with Crippen molar-refractivity contribution in [2.45, 2.75) is 110 Å². The molecule has 0 saturated heterocycles. The summed E-state index contributed by atoms with van der Waals surface area (Å²) in [6.45, 7) is 16.4. The van der Waals surface area contributed by atoms with Gasteiger partial charge in [0.15, 0.2) is 0 Å². The Hall–Kier alpha value is -1.06. The van der Waals surface area contributed by atoms with Crippen LogP contribution in [-0.2, 0) is 39.7 Å². The summed E-state index contributed by atoms with van der Waals surface area (Å²) >= 11 is 2.59. The van der Waals surface area contributed by atoms with Crippen LogP contribution in [0.2, 0.25) is 3.34 Å². The number of hydrogen-bond donors (Lipinski definition) is 0. The molecule has 0 heterocycles. The van der Waals surface area contributed by atoms with Gasteiger partial charge in [-0.05, 0) is 0 Å². The van der Waals surface area contributed by atoms with Crippen molar-refractivity contribution in [1.29, 1.82) is 0 Å². The molecule has 236 valence electrons. The summed E-state index contributed by atoms with van der Waals surface area (Å²) in [6.07, 6.45) is 10.9. The molecular weight excluding hydrogens is 651 g/mol. The third-order valence-electron chi connectivity index (χ3n) is 9.99. The van der Waals surface area contributed by atoms with Crippen LogP contribution in [0.3, 0.4) is 0 Å². The Morgan fingerprint density at radius 1 is 0.477 bits per heavy atom. The minimum absolute atomic E-state index is 0. The van der Waals surface area contributed by atoms with Gasteiger partial charge in [-0.1, -0.05) is 0 Å². The minimum atomic E-state index is -2.60. The van der Waals surface area contributed by atoms with Crippen molar-refractivity contribution in [2.75, 3.05) is 0 Å². The van der Waals surface area contributed by atoms with Gasteiger partial charge in [0, 0.05) is 0 Å².